The third-order valence-electron chi connectivity index (χ3n) is 5.41. The number of nitro groups is 1. The fraction of sp³-hybridized carbons (Fsp3) is 0.0833. The Kier molecular flexibility index (Phi) is 6.32. The van der Waals surface area contributed by atoms with E-state index < -0.39 is 39.3 Å². The number of hydrogen-bond donors (Lipinski definition) is 1. The van der Waals surface area contributed by atoms with Crippen molar-refractivity contribution in [3.63, 3.8) is 0 Å². The number of nitro benzene ring substituents is 1. The summed E-state index contributed by atoms with van der Waals surface area (Å²) >= 11 is 0.721. The van der Waals surface area contributed by atoms with E-state index in [1.165, 1.54) is 25.1 Å². The summed E-state index contributed by atoms with van der Waals surface area (Å²) in [7, 11) is 0. The van der Waals surface area contributed by atoms with Crippen molar-refractivity contribution in [3.05, 3.63) is 92.0 Å². The highest BCUT2D eigenvalue weighted by molar-refractivity contribution is 7.99. The van der Waals surface area contributed by atoms with Gasteiger partial charge in [0.15, 0.2) is 11.0 Å². The first-order chi connectivity index (χ1) is 18.2. The summed E-state index contributed by atoms with van der Waals surface area (Å²) in [5.41, 5.74) is -1.33. The molecular formula is C24H14F3N5O5S. The summed E-state index contributed by atoms with van der Waals surface area (Å²) in [6, 6.07) is 7.46. The van der Waals surface area contributed by atoms with E-state index in [1.54, 1.807) is 0 Å². The lowest BCUT2D eigenvalue weighted by molar-refractivity contribution is -0.384. The molecule has 192 valence electrons. The van der Waals surface area contributed by atoms with Crippen LogP contribution in [0.2, 0.25) is 0 Å². The summed E-state index contributed by atoms with van der Waals surface area (Å²) in [4.78, 5) is 47.2. The zero-order valence-corrected chi connectivity index (χ0v) is 20.0. The van der Waals surface area contributed by atoms with Crippen molar-refractivity contribution in [2.75, 3.05) is 6.61 Å². The number of ether oxygens (including phenoxy) is 1. The molecule has 1 N–H and O–H groups in total. The van der Waals surface area contributed by atoms with E-state index in [-0.39, 0.29) is 39.2 Å². The fourth-order valence-electron chi connectivity index (χ4n) is 3.72. The van der Waals surface area contributed by atoms with Crippen LogP contribution in [0, 0.1) is 27.6 Å². The van der Waals surface area contributed by atoms with Gasteiger partial charge in [0.2, 0.25) is 5.43 Å². The van der Waals surface area contributed by atoms with Crippen LogP contribution >= 0.6 is 11.8 Å². The Morgan fingerprint density at radius 3 is 2.63 bits per heavy atom. The average molecular weight is 541 g/mol. The zero-order valence-electron chi connectivity index (χ0n) is 19.2. The van der Waals surface area contributed by atoms with Gasteiger partial charge in [-0.2, -0.15) is 0 Å². The quantitative estimate of drug-likeness (QED) is 0.182. The molecule has 38 heavy (non-hydrogen) atoms. The van der Waals surface area contributed by atoms with Crippen molar-refractivity contribution < 1.29 is 27.6 Å². The van der Waals surface area contributed by atoms with Crippen molar-refractivity contribution >= 4 is 45.5 Å². The molecular weight excluding hydrogens is 527 g/mol. The van der Waals surface area contributed by atoms with Crippen molar-refractivity contribution in [1.29, 1.82) is 0 Å². The number of benzene rings is 2. The van der Waals surface area contributed by atoms with Gasteiger partial charge in [0, 0.05) is 24.4 Å². The number of hydrogen-bond acceptors (Lipinski definition) is 8. The van der Waals surface area contributed by atoms with Gasteiger partial charge in [-0.1, -0.05) is 0 Å². The van der Waals surface area contributed by atoms with Crippen LogP contribution in [0.5, 0.6) is 0 Å². The number of non-ortho nitro benzene ring substituents is 1. The Bertz CT molecular complexity index is 1840. The lowest BCUT2D eigenvalue weighted by Crippen LogP contribution is -2.21. The first-order valence-electron chi connectivity index (χ1n) is 10.9. The number of rotatable bonds is 6. The molecule has 0 aliphatic rings. The summed E-state index contributed by atoms with van der Waals surface area (Å²) in [6.07, 6.45) is 0.999. The zero-order chi connectivity index (χ0) is 27.1. The van der Waals surface area contributed by atoms with Crippen LogP contribution in [0.4, 0.5) is 18.9 Å². The number of carbonyl (C=O) groups is 1. The molecule has 0 aliphatic heterocycles. The molecule has 3 aromatic heterocycles. The molecule has 14 heteroatoms. The number of esters is 1. The standard InChI is InChI=1S/C24H14F3N5O5S/c1-2-37-23(34)14-10-31(19-6-3-11(25)7-15(19)26)21-13(20(14)33)9-16(27)22(30-21)38-24-28-17-5-4-12(32(35)36)8-18(17)29-24/h3-10H,2H2,1H3,(H,28,29). The predicted molar refractivity (Wildman–Crippen MR) is 130 cm³/mol. The fourth-order valence-corrected chi connectivity index (χ4v) is 4.50. The van der Waals surface area contributed by atoms with Crippen LogP contribution in [0.15, 0.2) is 63.6 Å². The van der Waals surface area contributed by atoms with Gasteiger partial charge in [0.05, 0.1) is 33.6 Å². The number of pyridine rings is 2. The number of H-pyrrole nitrogens is 1. The van der Waals surface area contributed by atoms with Gasteiger partial charge in [-0.3, -0.25) is 19.5 Å². The van der Waals surface area contributed by atoms with Crippen LogP contribution < -0.4 is 5.43 Å². The monoisotopic (exact) mass is 541 g/mol. The van der Waals surface area contributed by atoms with Crippen molar-refractivity contribution in [2.24, 2.45) is 0 Å². The molecule has 10 nitrogen and oxygen atoms in total. The van der Waals surface area contributed by atoms with E-state index in [9.17, 15) is 28.5 Å². The molecule has 0 saturated carbocycles. The van der Waals surface area contributed by atoms with Gasteiger partial charge < -0.3 is 9.72 Å². The van der Waals surface area contributed by atoms with Gasteiger partial charge in [-0.05, 0) is 43.0 Å². The minimum absolute atomic E-state index is 0.0515. The lowest BCUT2D eigenvalue weighted by atomic mass is 10.1. The first-order valence-corrected chi connectivity index (χ1v) is 11.7. The van der Waals surface area contributed by atoms with Gasteiger partial charge in [-0.15, -0.1) is 0 Å². The van der Waals surface area contributed by atoms with Gasteiger partial charge >= 0.3 is 5.97 Å². The number of nitrogens with zero attached hydrogens (tertiary/aromatic N) is 4. The second-order valence-electron chi connectivity index (χ2n) is 7.81. The van der Waals surface area contributed by atoms with E-state index in [1.807, 2.05) is 0 Å². The lowest BCUT2D eigenvalue weighted by Gasteiger charge is -2.14. The SMILES string of the molecule is CCOC(=O)c1cn(-c2ccc(F)cc2F)c2nc(Sc3nc4ccc([N+](=O)[O-])cc4[nH]3)c(F)cc2c1=O. The molecule has 2 aromatic carbocycles. The number of imidazole rings is 1. The summed E-state index contributed by atoms with van der Waals surface area (Å²) in [5, 5.41) is 10.6. The van der Waals surface area contributed by atoms with E-state index in [0.29, 0.717) is 17.1 Å². The molecule has 0 aliphatic carbocycles. The average Bonchev–Trinajstić information content (AvgIpc) is 3.27. The van der Waals surface area contributed by atoms with Crippen LogP contribution in [-0.2, 0) is 4.74 Å². The maximum absolute atomic E-state index is 15.2. The third-order valence-corrected chi connectivity index (χ3v) is 6.28. The number of carbonyl (C=O) groups excluding carboxylic acids is 1. The van der Waals surface area contributed by atoms with Crippen LogP contribution in [0.3, 0.4) is 0 Å². The highest BCUT2D eigenvalue weighted by Gasteiger charge is 2.22. The Labute approximate surface area is 214 Å². The van der Waals surface area contributed by atoms with E-state index >= 15 is 4.39 Å². The van der Waals surface area contributed by atoms with Crippen LogP contribution in [0.25, 0.3) is 27.8 Å². The second kappa shape index (κ2) is 9.63. The number of halogens is 3. The van der Waals surface area contributed by atoms with Crippen LogP contribution in [-0.4, -0.2) is 37.0 Å². The summed E-state index contributed by atoms with van der Waals surface area (Å²) in [5.74, 6) is -3.84. The maximum Gasteiger partial charge on any atom is 0.343 e. The molecule has 0 radical (unpaired) electrons. The molecule has 0 amide bonds. The molecule has 0 spiro atoms. The maximum atomic E-state index is 15.2. The van der Waals surface area contributed by atoms with E-state index in [0.717, 1.165) is 40.7 Å². The Morgan fingerprint density at radius 1 is 1.13 bits per heavy atom. The van der Waals surface area contributed by atoms with E-state index in [2.05, 4.69) is 15.0 Å². The number of aromatic nitrogens is 4. The molecule has 0 unspecified atom stereocenters. The second-order valence-corrected chi connectivity index (χ2v) is 8.78. The summed E-state index contributed by atoms with van der Waals surface area (Å²) in [6.45, 7) is 1.47. The molecule has 5 aromatic rings. The number of nitrogens with one attached hydrogen (secondary N) is 1. The smallest absolute Gasteiger partial charge is 0.343 e. The molecule has 0 bridgehead atoms. The summed E-state index contributed by atoms with van der Waals surface area (Å²) < 4.78 is 49.4. The largest absolute Gasteiger partial charge is 0.462 e. The Balaban J connectivity index is 1.69. The van der Waals surface area contributed by atoms with Crippen LogP contribution in [0.1, 0.15) is 17.3 Å². The van der Waals surface area contributed by atoms with Gasteiger partial charge in [-0.25, -0.2) is 27.9 Å². The molecule has 5 rings (SSSR count). The minimum atomic E-state index is -1.02. The topological polar surface area (TPSA) is 133 Å². The molecule has 0 saturated heterocycles. The van der Waals surface area contributed by atoms with Crippen molar-refractivity contribution in [1.82, 2.24) is 19.5 Å². The highest BCUT2D eigenvalue weighted by Crippen LogP contribution is 2.31. The normalized spacial score (nSPS) is 11.3. The van der Waals surface area contributed by atoms with Crippen molar-refractivity contribution in [3.8, 4) is 5.69 Å². The predicted octanol–water partition coefficient (Wildman–Crippen LogP) is 4.92. The number of aromatic amines is 1. The molecule has 3 heterocycles. The Morgan fingerprint density at radius 2 is 1.92 bits per heavy atom. The first kappa shape index (κ1) is 25.0. The molecule has 0 atom stereocenters. The van der Waals surface area contributed by atoms with Crippen molar-refractivity contribution in [2.45, 2.75) is 17.1 Å². The molecule has 0 fully saturated rings. The van der Waals surface area contributed by atoms with E-state index in [4.69, 9.17) is 4.74 Å². The van der Waals surface area contributed by atoms with Gasteiger partial charge in [0.1, 0.15) is 27.9 Å². The number of fused-ring (bicyclic) bond motifs is 2. The van der Waals surface area contributed by atoms with Gasteiger partial charge in [0.25, 0.3) is 5.69 Å². The Hall–Kier alpha value is -4.72. The minimum Gasteiger partial charge on any atom is -0.462 e. The highest BCUT2D eigenvalue weighted by atomic mass is 32.2. The third kappa shape index (κ3) is 4.45.